The van der Waals surface area contributed by atoms with E-state index in [2.05, 4.69) is 19.2 Å². The number of rotatable bonds is 6. The van der Waals surface area contributed by atoms with Crippen LogP contribution < -0.4 is 11.1 Å². The predicted molar refractivity (Wildman–Crippen MR) is 71.7 cm³/mol. The topological polar surface area (TPSA) is 55.1 Å². The van der Waals surface area contributed by atoms with E-state index in [1.165, 1.54) is 38.5 Å². The van der Waals surface area contributed by atoms with Crippen LogP contribution in [-0.2, 0) is 4.79 Å². The first-order chi connectivity index (χ1) is 8.15. The lowest BCUT2D eigenvalue weighted by Crippen LogP contribution is -2.50. The third kappa shape index (κ3) is 5.07. The van der Waals surface area contributed by atoms with E-state index in [1.807, 2.05) is 0 Å². The van der Waals surface area contributed by atoms with E-state index in [1.54, 1.807) is 0 Å². The molecule has 0 spiro atoms. The first-order valence-electron chi connectivity index (χ1n) is 7.20. The number of carbonyl (C=O) groups excluding carboxylic acids is 1. The van der Waals surface area contributed by atoms with Crippen molar-refractivity contribution in [2.75, 3.05) is 0 Å². The summed E-state index contributed by atoms with van der Waals surface area (Å²) in [5.41, 5.74) is 5.52. The molecule has 3 N–H and O–H groups in total. The van der Waals surface area contributed by atoms with Crippen molar-refractivity contribution in [3.63, 3.8) is 0 Å². The Balaban J connectivity index is 2.49. The van der Waals surface area contributed by atoms with Gasteiger partial charge in [0.1, 0.15) is 0 Å². The smallest absolute Gasteiger partial charge is 0.234 e. The van der Waals surface area contributed by atoms with E-state index in [0.717, 1.165) is 12.8 Å². The maximum Gasteiger partial charge on any atom is 0.234 e. The standard InChI is InChI=1S/C14H28N2O/c1-3-8-11(2)13(14(15)17)16-12-9-6-4-5-7-10-12/h11-13,16H,3-10H2,1-2H3,(H2,15,17). The Kier molecular flexibility index (Phi) is 6.56. The summed E-state index contributed by atoms with van der Waals surface area (Å²) in [4.78, 5) is 11.5. The molecule has 1 fully saturated rings. The third-order valence-corrected chi connectivity index (χ3v) is 3.89. The van der Waals surface area contributed by atoms with Crippen molar-refractivity contribution in [1.29, 1.82) is 0 Å². The normalized spacial score (nSPS) is 21.8. The van der Waals surface area contributed by atoms with Gasteiger partial charge in [-0.3, -0.25) is 4.79 Å². The lowest BCUT2D eigenvalue weighted by Gasteiger charge is -2.27. The highest BCUT2D eigenvalue weighted by Gasteiger charge is 2.25. The molecule has 0 heterocycles. The van der Waals surface area contributed by atoms with Crippen LogP contribution in [0.5, 0.6) is 0 Å². The first kappa shape index (κ1) is 14.5. The number of primary amides is 1. The highest BCUT2D eigenvalue weighted by Crippen LogP contribution is 2.19. The minimum Gasteiger partial charge on any atom is -0.368 e. The summed E-state index contributed by atoms with van der Waals surface area (Å²) in [6, 6.07) is 0.354. The van der Waals surface area contributed by atoms with Gasteiger partial charge in [-0.1, -0.05) is 46.0 Å². The zero-order valence-electron chi connectivity index (χ0n) is 11.4. The van der Waals surface area contributed by atoms with Gasteiger partial charge in [-0.25, -0.2) is 0 Å². The van der Waals surface area contributed by atoms with Crippen LogP contribution in [0.4, 0.5) is 0 Å². The van der Waals surface area contributed by atoms with Crippen LogP contribution in [0.15, 0.2) is 0 Å². The quantitative estimate of drug-likeness (QED) is 0.701. The molecule has 0 aromatic rings. The Morgan fingerprint density at radius 3 is 2.35 bits per heavy atom. The van der Waals surface area contributed by atoms with Gasteiger partial charge in [-0.05, 0) is 25.2 Å². The molecule has 2 unspecified atom stereocenters. The van der Waals surface area contributed by atoms with Gasteiger partial charge in [-0.15, -0.1) is 0 Å². The monoisotopic (exact) mass is 240 g/mol. The lowest BCUT2D eigenvalue weighted by molar-refractivity contribution is -0.121. The minimum absolute atomic E-state index is 0.141. The molecule has 0 aliphatic heterocycles. The fraction of sp³-hybridized carbons (Fsp3) is 0.929. The Morgan fingerprint density at radius 2 is 1.88 bits per heavy atom. The summed E-state index contributed by atoms with van der Waals surface area (Å²) >= 11 is 0. The maximum absolute atomic E-state index is 11.5. The van der Waals surface area contributed by atoms with E-state index in [4.69, 9.17) is 5.73 Å². The van der Waals surface area contributed by atoms with Crippen molar-refractivity contribution >= 4 is 5.91 Å². The molecular weight excluding hydrogens is 212 g/mol. The van der Waals surface area contributed by atoms with E-state index < -0.39 is 0 Å². The summed E-state index contributed by atoms with van der Waals surface area (Å²) in [6.45, 7) is 4.28. The van der Waals surface area contributed by atoms with Crippen molar-refractivity contribution in [1.82, 2.24) is 5.32 Å². The van der Waals surface area contributed by atoms with Gasteiger partial charge in [0.2, 0.25) is 5.91 Å². The second-order valence-electron chi connectivity index (χ2n) is 5.50. The second kappa shape index (κ2) is 7.70. The Labute approximate surface area is 106 Å². The highest BCUT2D eigenvalue weighted by molar-refractivity contribution is 5.80. The summed E-state index contributed by atoms with van der Waals surface area (Å²) < 4.78 is 0. The van der Waals surface area contributed by atoms with Crippen LogP contribution in [0.1, 0.15) is 65.2 Å². The molecule has 17 heavy (non-hydrogen) atoms. The molecule has 1 saturated carbocycles. The molecule has 0 radical (unpaired) electrons. The van der Waals surface area contributed by atoms with Crippen molar-refractivity contribution in [2.45, 2.75) is 77.3 Å². The molecule has 1 amide bonds. The van der Waals surface area contributed by atoms with E-state index in [0.29, 0.717) is 12.0 Å². The molecule has 0 aromatic carbocycles. The van der Waals surface area contributed by atoms with Crippen LogP contribution in [0.3, 0.4) is 0 Å². The molecule has 3 nitrogen and oxygen atoms in total. The highest BCUT2D eigenvalue weighted by atomic mass is 16.1. The zero-order valence-corrected chi connectivity index (χ0v) is 11.4. The van der Waals surface area contributed by atoms with Gasteiger partial charge in [0.15, 0.2) is 0 Å². The average molecular weight is 240 g/mol. The summed E-state index contributed by atoms with van der Waals surface area (Å²) in [5.74, 6) is 0.163. The van der Waals surface area contributed by atoms with Gasteiger partial charge in [0.25, 0.3) is 0 Å². The molecular formula is C14H28N2O. The van der Waals surface area contributed by atoms with Crippen molar-refractivity contribution in [2.24, 2.45) is 11.7 Å². The van der Waals surface area contributed by atoms with Crippen LogP contribution >= 0.6 is 0 Å². The Hall–Kier alpha value is -0.570. The van der Waals surface area contributed by atoms with Crippen LogP contribution in [0.25, 0.3) is 0 Å². The molecule has 1 rings (SSSR count). The van der Waals surface area contributed by atoms with Gasteiger partial charge in [-0.2, -0.15) is 0 Å². The fourth-order valence-corrected chi connectivity index (χ4v) is 2.85. The molecule has 3 heteroatoms. The molecule has 100 valence electrons. The van der Waals surface area contributed by atoms with Crippen LogP contribution in [0, 0.1) is 5.92 Å². The van der Waals surface area contributed by atoms with Gasteiger partial charge < -0.3 is 11.1 Å². The largest absolute Gasteiger partial charge is 0.368 e. The van der Waals surface area contributed by atoms with Crippen molar-refractivity contribution in [3.8, 4) is 0 Å². The van der Waals surface area contributed by atoms with Crippen molar-refractivity contribution < 1.29 is 4.79 Å². The van der Waals surface area contributed by atoms with Crippen LogP contribution in [0.2, 0.25) is 0 Å². The van der Waals surface area contributed by atoms with Gasteiger partial charge in [0.05, 0.1) is 6.04 Å². The summed E-state index contributed by atoms with van der Waals surface area (Å²) in [7, 11) is 0. The zero-order chi connectivity index (χ0) is 12.7. The molecule has 0 bridgehead atoms. The van der Waals surface area contributed by atoms with Crippen LogP contribution in [-0.4, -0.2) is 18.0 Å². The molecule has 1 aliphatic rings. The second-order valence-corrected chi connectivity index (χ2v) is 5.50. The fourth-order valence-electron chi connectivity index (χ4n) is 2.85. The molecule has 1 aliphatic carbocycles. The average Bonchev–Trinajstić information content (AvgIpc) is 2.54. The van der Waals surface area contributed by atoms with Crippen molar-refractivity contribution in [3.05, 3.63) is 0 Å². The SMILES string of the molecule is CCCC(C)C(NC1CCCCCC1)C(N)=O. The number of hydrogen-bond acceptors (Lipinski definition) is 2. The van der Waals surface area contributed by atoms with E-state index in [9.17, 15) is 4.79 Å². The molecule has 0 saturated heterocycles. The van der Waals surface area contributed by atoms with E-state index >= 15 is 0 Å². The number of hydrogen-bond donors (Lipinski definition) is 2. The van der Waals surface area contributed by atoms with Gasteiger partial charge in [0, 0.05) is 6.04 Å². The number of nitrogens with one attached hydrogen (secondary N) is 1. The number of nitrogens with two attached hydrogens (primary N) is 1. The minimum atomic E-state index is -0.185. The number of carbonyl (C=O) groups is 1. The third-order valence-electron chi connectivity index (χ3n) is 3.89. The lowest BCUT2D eigenvalue weighted by atomic mass is 9.94. The molecule has 2 atom stereocenters. The predicted octanol–water partition coefficient (Wildman–Crippen LogP) is 2.59. The first-order valence-corrected chi connectivity index (χ1v) is 7.20. The van der Waals surface area contributed by atoms with Gasteiger partial charge >= 0.3 is 0 Å². The molecule has 0 aromatic heterocycles. The van der Waals surface area contributed by atoms with E-state index in [-0.39, 0.29) is 11.9 Å². The number of amides is 1. The Morgan fingerprint density at radius 1 is 1.29 bits per heavy atom. The summed E-state index contributed by atoms with van der Waals surface area (Å²) in [6.07, 6.45) is 9.81. The summed E-state index contributed by atoms with van der Waals surface area (Å²) in [5, 5.41) is 3.51. The maximum atomic E-state index is 11.5. The Bertz CT molecular complexity index is 222.